The number of hydrogen-bond acceptors (Lipinski definition) is 8. The zero-order chi connectivity index (χ0) is 30.7. The molecule has 2 fully saturated rings. The number of rotatable bonds is 4. The molecule has 1 N–H and O–H groups in total. The van der Waals surface area contributed by atoms with Gasteiger partial charge in [-0.2, -0.15) is 17.8 Å². The first-order valence-corrected chi connectivity index (χ1v) is 15.3. The molecule has 1 amide bonds. The van der Waals surface area contributed by atoms with Crippen LogP contribution in [0.2, 0.25) is 0 Å². The van der Waals surface area contributed by atoms with Gasteiger partial charge in [-0.15, -0.1) is 16.8 Å². The lowest BCUT2D eigenvalue weighted by Crippen LogP contribution is -2.60. The van der Waals surface area contributed by atoms with Gasteiger partial charge in [0.05, 0.1) is 24.5 Å². The molecule has 0 radical (unpaired) electrons. The van der Waals surface area contributed by atoms with Gasteiger partial charge >= 0.3 is 12.1 Å². The fourth-order valence-electron chi connectivity index (χ4n) is 6.13. The smallest absolute Gasteiger partial charge is 0.433 e. The average molecular weight is 617 g/mol. The second-order valence-corrected chi connectivity index (χ2v) is 13.1. The second kappa shape index (κ2) is 10.6. The van der Waals surface area contributed by atoms with E-state index in [9.17, 15) is 27.9 Å². The predicted molar refractivity (Wildman–Crippen MR) is 156 cm³/mol. The number of quaternary nitrogens is 1. The van der Waals surface area contributed by atoms with Crippen molar-refractivity contribution >= 4 is 40.2 Å². The zero-order valence-corrected chi connectivity index (χ0v) is 25.0. The third-order valence-corrected chi connectivity index (χ3v) is 9.02. The molecule has 1 aromatic heterocycles. The maximum absolute atomic E-state index is 13.8. The first kappa shape index (κ1) is 29.5. The van der Waals surface area contributed by atoms with Gasteiger partial charge in [-0.25, -0.2) is 9.78 Å². The summed E-state index contributed by atoms with van der Waals surface area (Å²) in [7, 11) is 0. The van der Waals surface area contributed by atoms with E-state index in [4.69, 9.17) is 4.74 Å². The molecule has 1 aromatic carbocycles. The highest BCUT2D eigenvalue weighted by Gasteiger charge is 2.54. The number of benzene rings is 1. The summed E-state index contributed by atoms with van der Waals surface area (Å²) in [6, 6.07) is 5.60. The minimum absolute atomic E-state index is 0.0988. The minimum atomic E-state index is -4.68. The third kappa shape index (κ3) is 5.27. The number of fused-ring (bicyclic) bond motifs is 2. The van der Waals surface area contributed by atoms with E-state index in [-0.39, 0.29) is 33.9 Å². The number of amides is 1. The number of carbonyl (C=O) groups excluding carboxylic acids is 2. The van der Waals surface area contributed by atoms with Crippen LogP contribution in [0.4, 0.5) is 18.9 Å². The van der Waals surface area contributed by atoms with E-state index in [1.807, 2.05) is 23.3 Å². The maximum Gasteiger partial charge on any atom is 0.433 e. The summed E-state index contributed by atoms with van der Waals surface area (Å²) >= 11 is 1.67. The molecular weight excluding hydrogens is 583 g/mol. The number of ether oxygens (including phenoxy) is 1. The van der Waals surface area contributed by atoms with Crippen molar-refractivity contribution in [3.63, 3.8) is 0 Å². The van der Waals surface area contributed by atoms with Crippen LogP contribution in [0.15, 0.2) is 59.5 Å². The number of para-hydroxylation sites is 1. The Kier molecular flexibility index (Phi) is 7.25. The maximum atomic E-state index is 13.8. The van der Waals surface area contributed by atoms with Crippen molar-refractivity contribution in [3.05, 3.63) is 65.2 Å². The van der Waals surface area contributed by atoms with Crippen molar-refractivity contribution in [1.29, 1.82) is 0 Å². The van der Waals surface area contributed by atoms with Crippen molar-refractivity contribution in [3.8, 4) is 5.75 Å². The Hall–Kier alpha value is -3.55. The lowest BCUT2D eigenvalue weighted by molar-refractivity contribution is -0.948. The Labute approximate surface area is 251 Å². The first-order valence-electron chi connectivity index (χ1n) is 14.1. The summed E-state index contributed by atoms with van der Waals surface area (Å²) in [6.07, 6.45) is 0.991. The summed E-state index contributed by atoms with van der Waals surface area (Å²) in [5.74, 6) is 0.369. The van der Waals surface area contributed by atoms with Gasteiger partial charge in [0.2, 0.25) is 0 Å². The number of allylic oxidation sites excluding steroid dienone is 2. The Morgan fingerprint density at radius 1 is 1.09 bits per heavy atom. The van der Waals surface area contributed by atoms with Gasteiger partial charge in [-0.05, 0) is 39.0 Å². The molecule has 2 aromatic rings. The number of phenolic OH excluding ortho intramolecular Hbond substituents is 1. The number of thioether (sulfide) groups is 1. The molecule has 1 atom stereocenters. The fourth-order valence-corrected chi connectivity index (χ4v) is 7.08. The van der Waals surface area contributed by atoms with Gasteiger partial charge in [0.25, 0.3) is 5.91 Å². The molecule has 0 aliphatic carbocycles. The van der Waals surface area contributed by atoms with Crippen molar-refractivity contribution < 1.29 is 37.2 Å². The Bertz CT molecular complexity index is 1580. The molecule has 0 saturated carbocycles. The number of phenols is 1. The van der Waals surface area contributed by atoms with E-state index in [0.29, 0.717) is 60.9 Å². The molecule has 5 heterocycles. The largest absolute Gasteiger partial charge is 0.506 e. The molecule has 2 saturated heterocycles. The molecule has 43 heavy (non-hydrogen) atoms. The van der Waals surface area contributed by atoms with E-state index in [2.05, 4.69) is 9.99 Å². The van der Waals surface area contributed by atoms with Crippen LogP contribution in [0.3, 0.4) is 0 Å². The second-order valence-electron chi connectivity index (χ2n) is 12.0. The van der Waals surface area contributed by atoms with Crippen LogP contribution in [0.5, 0.6) is 5.75 Å². The highest BCUT2D eigenvalue weighted by molar-refractivity contribution is 7.99. The Morgan fingerprint density at radius 3 is 2.49 bits per heavy atom. The number of pyridine rings is 1. The van der Waals surface area contributed by atoms with Crippen LogP contribution in [0, 0.1) is 0 Å². The number of aromatic hydroxyl groups is 1. The summed E-state index contributed by atoms with van der Waals surface area (Å²) in [4.78, 5) is 34.6. The number of alkyl halides is 3. The van der Waals surface area contributed by atoms with E-state index in [1.165, 1.54) is 6.07 Å². The number of carbonyl (C=O) groups is 2. The van der Waals surface area contributed by atoms with Crippen LogP contribution in [-0.4, -0.2) is 93.0 Å². The first-order chi connectivity index (χ1) is 20.3. The van der Waals surface area contributed by atoms with Gasteiger partial charge in [-0.1, -0.05) is 12.1 Å². The highest BCUT2D eigenvalue weighted by Crippen LogP contribution is 2.44. The monoisotopic (exact) mass is 616 g/mol. The number of hydrogen-bond donors (Lipinski definition) is 1. The molecular formula is C30H33F3N5O4S+. The van der Waals surface area contributed by atoms with Crippen LogP contribution >= 0.6 is 11.8 Å². The number of halogens is 3. The standard InChI is InChI=1S/C30H32F3N5O4S/c1-29(2,3)42-28(41)25-20(27(40)36-13-15-43-18-36)17-38(14-5-7-22(25)38)37-11-9-35(10-12-37)21-16-24(30(31,32)33)34-26-19(21)6-4-8-23(26)39/h4-8,14,16H,9-13,15,17-18H2,1-3H3/p+1/t38-/m1/s1. The van der Waals surface area contributed by atoms with Gasteiger partial charge in [-0.3, -0.25) is 4.79 Å². The van der Waals surface area contributed by atoms with Crippen molar-refractivity contribution in [2.24, 2.45) is 0 Å². The molecule has 4 aliphatic heterocycles. The quantitative estimate of drug-likeness (QED) is 0.400. The topological polar surface area (TPSA) is 86.2 Å². The fraction of sp³-hybridized carbons (Fsp3) is 0.433. The van der Waals surface area contributed by atoms with E-state index < -0.39 is 23.4 Å². The average Bonchev–Trinajstić information content (AvgIpc) is 3.68. The SMILES string of the molecule is CC(C)(C)OC(=O)C1=C(C(=O)N2CCSC2)C[N@+]2(N3CCN(c4cc(C(F)(F)F)nc5c(O)cccc45)CC3)C=CC=C12. The van der Waals surface area contributed by atoms with E-state index in [1.54, 1.807) is 49.6 Å². The molecule has 228 valence electrons. The van der Waals surface area contributed by atoms with E-state index in [0.717, 1.165) is 11.8 Å². The number of anilines is 1. The zero-order valence-electron chi connectivity index (χ0n) is 24.1. The Balaban J connectivity index is 1.30. The van der Waals surface area contributed by atoms with Crippen molar-refractivity contribution in [1.82, 2.24) is 14.9 Å². The van der Waals surface area contributed by atoms with Crippen molar-refractivity contribution in [2.75, 3.05) is 55.8 Å². The number of nitrogens with zero attached hydrogens (tertiary/aromatic N) is 5. The molecule has 13 heteroatoms. The van der Waals surface area contributed by atoms with Gasteiger partial charge in [0.1, 0.15) is 40.9 Å². The van der Waals surface area contributed by atoms with Gasteiger partial charge in [0, 0.05) is 42.5 Å². The van der Waals surface area contributed by atoms with E-state index >= 15 is 0 Å². The van der Waals surface area contributed by atoms with Crippen LogP contribution in [-0.2, 0) is 20.5 Å². The molecule has 0 bridgehead atoms. The molecule has 6 rings (SSSR count). The predicted octanol–water partition coefficient (Wildman–Crippen LogP) is 4.41. The number of aromatic nitrogens is 1. The normalized spacial score (nSPS) is 22.9. The van der Waals surface area contributed by atoms with Crippen LogP contribution in [0.1, 0.15) is 26.5 Å². The molecule has 4 aliphatic rings. The molecule has 0 spiro atoms. The lowest BCUT2D eigenvalue weighted by atomic mass is 10.1. The summed E-state index contributed by atoms with van der Waals surface area (Å²) in [6.45, 7) is 7.85. The summed E-state index contributed by atoms with van der Waals surface area (Å²) in [5.41, 5.74) is -0.209. The summed E-state index contributed by atoms with van der Waals surface area (Å²) in [5, 5.41) is 12.9. The molecule has 9 nitrogen and oxygen atoms in total. The van der Waals surface area contributed by atoms with Crippen LogP contribution in [0.25, 0.3) is 10.9 Å². The van der Waals surface area contributed by atoms with Crippen molar-refractivity contribution in [2.45, 2.75) is 32.5 Å². The van der Waals surface area contributed by atoms with Crippen LogP contribution < -0.4 is 4.90 Å². The number of piperazine rings is 1. The third-order valence-electron chi connectivity index (χ3n) is 8.05. The highest BCUT2D eigenvalue weighted by atomic mass is 32.2. The molecule has 0 unspecified atom stereocenters. The Morgan fingerprint density at radius 2 is 1.84 bits per heavy atom. The van der Waals surface area contributed by atoms with Gasteiger partial charge < -0.3 is 19.6 Å². The lowest BCUT2D eigenvalue weighted by Gasteiger charge is -2.44. The summed E-state index contributed by atoms with van der Waals surface area (Å²) < 4.78 is 47.2. The van der Waals surface area contributed by atoms with Gasteiger partial charge in [0.15, 0.2) is 5.70 Å². The number of esters is 1. The minimum Gasteiger partial charge on any atom is -0.506 e.